The minimum Gasteiger partial charge on any atom is -0.489 e. The number of nitrogens with zero attached hydrogens (tertiary/aromatic N) is 1. The fourth-order valence-electron chi connectivity index (χ4n) is 1.89. The molecule has 2 N–H and O–H groups in total. The zero-order valence-electron chi connectivity index (χ0n) is 12.6. The van der Waals surface area contributed by atoms with Crippen LogP contribution in [0.25, 0.3) is 0 Å². The van der Waals surface area contributed by atoms with E-state index in [-0.39, 0.29) is 12.7 Å². The molecule has 20 heavy (non-hydrogen) atoms. The highest BCUT2D eigenvalue weighted by atomic mass is 79.9. The molecule has 114 valence electrons. The van der Waals surface area contributed by atoms with Crippen molar-refractivity contribution in [2.75, 3.05) is 20.2 Å². The number of ether oxygens (including phenoxy) is 1. The summed E-state index contributed by atoms with van der Waals surface area (Å²) >= 11 is 3.48. The monoisotopic (exact) mass is 345 g/mol. The van der Waals surface area contributed by atoms with Crippen LogP contribution in [-0.2, 0) is 6.54 Å². The van der Waals surface area contributed by atoms with Gasteiger partial charge < -0.3 is 14.9 Å². The summed E-state index contributed by atoms with van der Waals surface area (Å²) < 4.78 is 6.62. The second-order valence-corrected chi connectivity index (χ2v) is 6.73. The van der Waals surface area contributed by atoms with Gasteiger partial charge in [0.25, 0.3) is 0 Å². The zero-order valence-corrected chi connectivity index (χ0v) is 14.1. The Morgan fingerprint density at radius 3 is 2.60 bits per heavy atom. The number of halogens is 1. The molecular formula is C15H24BrNO3. The molecule has 0 amide bonds. The van der Waals surface area contributed by atoms with Crippen molar-refractivity contribution in [2.45, 2.75) is 39.0 Å². The Morgan fingerprint density at radius 1 is 1.40 bits per heavy atom. The average Bonchev–Trinajstić information content (AvgIpc) is 2.25. The average molecular weight is 346 g/mol. The van der Waals surface area contributed by atoms with Crippen molar-refractivity contribution < 1.29 is 14.9 Å². The summed E-state index contributed by atoms with van der Waals surface area (Å²) in [5, 5.41) is 19.2. The fraction of sp³-hybridized carbons (Fsp3) is 0.600. The highest BCUT2D eigenvalue weighted by molar-refractivity contribution is 9.10. The Morgan fingerprint density at radius 2 is 2.05 bits per heavy atom. The highest BCUT2D eigenvalue weighted by Crippen LogP contribution is 2.30. The standard InChI is InChI=1S/C15H24BrNO3/c1-11(18)8-17(4)9-12-6-5-7-13(16)14(12)20-10-15(2,3)19/h5-7,11,18-19H,8-10H2,1-4H3/t11-/m1/s1. The Labute approximate surface area is 129 Å². The van der Waals surface area contributed by atoms with E-state index in [2.05, 4.69) is 15.9 Å². The predicted molar refractivity (Wildman–Crippen MR) is 83.9 cm³/mol. The molecule has 1 rings (SSSR count). The first-order valence-corrected chi connectivity index (χ1v) is 7.47. The lowest BCUT2D eigenvalue weighted by Gasteiger charge is -2.23. The number of rotatable bonds is 7. The highest BCUT2D eigenvalue weighted by Gasteiger charge is 2.17. The van der Waals surface area contributed by atoms with Crippen LogP contribution in [0.5, 0.6) is 5.75 Å². The van der Waals surface area contributed by atoms with E-state index in [0.717, 1.165) is 15.8 Å². The van der Waals surface area contributed by atoms with Crippen molar-refractivity contribution in [3.8, 4) is 5.75 Å². The van der Waals surface area contributed by atoms with E-state index in [0.29, 0.717) is 13.1 Å². The molecule has 0 unspecified atom stereocenters. The smallest absolute Gasteiger partial charge is 0.138 e. The minimum absolute atomic E-state index is 0.225. The van der Waals surface area contributed by atoms with Crippen LogP contribution < -0.4 is 4.74 Å². The van der Waals surface area contributed by atoms with Gasteiger partial charge in [-0.15, -0.1) is 0 Å². The van der Waals surface area contributed by atoms with E-state index < -0.39 is 5.60 Å². The fourth-order valence-corrected chi connectivity index (χ4v) is 2.42. The molecule has 0 fully saturated rings. The van der Waals surface area contributed by atoms with Crippen molar-refractivity contribution in [1.82, 2.24) is 4.90 Å². The van der Waals surface area contributed by atoms with Gasteiger partial charge in [-0.1, -0.05) is 12.1 Å². The number of benzene rings is 1. The number of aliphatic hydroxyl groups is 2. The first-order chi connectivity index (χ1) is 9.19. The van der Waals surface area contributed by atoms with E-state index in [1.54, 1.807) is 20.8 Å². The lowest BCUT2D eigenvalue weighted by Crippen LogP contribution is -2.29. The second kappa shape index (κ2) is 7.41. The predicted octanol–water partition coefficient (Wildman–Crippen LogP) is 2.41. The summed E-state index contributed by atoms with van der Waals surface area (Å²) in [5.74, 6) is 0.743. The van der Waals surface area contributed by atoms with Crippen LogP contribution >= 0.6 is 15.9 Å². The molecule has 0 aliphatic rings. The molecule has 5 heteroatoms. The third-order valence-electron chi connectivity index (χ3n) is 2.63. The Bertz CT molecular complexity index is 430. The maximum absolute atomic E-state index is 9.78. The van der Waals surface area contributed by atoms with Crippen LogP contribution in [0.4, 0.5) is 0 Å². The molecule has 1 atom stereocenters. The van der Waals surface area contributed by atoms with Crippen LogP contribution in [0.1, 0.15) is 26.3 Å². The van der Waals surface area contributed by atoms with Crippen molar-refractivity contribution in [1.29, 1.82) is 0 Å². The van der Waals surface area contributed by atoms with Crippen LogP contribution in [0.3, 0.4) is 0 Å². The van der Waals surface area contributed by atoms with Gasteiger partial charge in [-0.05, 0) is 49.8 Å². The molecule has 0 saturated carbocycles. The van der Waals surface area contributed by atoms with E-state index in [9.17, 15) is 10.2 Å². The SMILES string of the molecule is C[C@@H](O)CN(C)Cc1cccc(Br)c1OCC(C)(C)O. The Kier molecular flexibility index (Phi) is 6.45. The Hall–Kier alpha value is -0.620. The number of hydrogen-bond donors (Lipinski definition) is 2. The largest absolute Gasteiger partial charge is 0.489 e. The maximum atomic E-state index is 9.78. The molecule has 0 radical (unpaired) electrons. The summed E-state index contributed by atoms with van der Waals surface area (Å²) in [5.41, 5.74) is 0.143. The first kappa shape index (κ1) is 17.4. The van der Waals surface area contributed by atoms with E-state index >= 15 is 0 Å². The van der Waals surface area contributed by atoms with Crippen molar-refractivity contribution >= 4 is 15.9 Å². The molecule has 0 aliphatic heterocycles. The lowest BCUT2D eigenvalue weighted by molar-refractivity contribution is 0.0276. The molecule has 0 saturated heterocycles. The minimum atomic E-state index is -0.877. The van der Waals surface area contributed by atoms with Gasteiger partial charge in [0.15, 0.2) is 0 Å². The van der Waals surface area contributed by atoms with Gasteiger partial charge in [0.05, 0.1) is 16.2 Å². The molecule has 0 heterocycles. The van der Waals surface area contributed by atoms with Gasteiger partial charge in [-0.25, -0.2) is 0 Å². The summed E-state index contributed by atoms with van der Waals surface area (Å²) in [6, 6.07) is 5.85. The molecule has 1 aromatic carbocycles. The van der Waals surface area contributed by atoms with E-state index in [1.165, 1.54) is 0 Å². The molecular weight excluding hydrogens is 322 g/mol. The van der Waals surface area contributed by atoms with Crippen molar-refractivity contribution in [3.05, 3.63) is 28.2 Å². The first-order valence-electron chi connectivity index (χ1n) is 6.68. The van der Waals surface area contributed by atoms with Gasteiger partial charge >= 0.3 is 0 Å². The van der Waals surface area contributed by atoms with E-state index in [1.807, 2.05) is 30.1 Å². The zero-order chi connectivity index (χ0) is 15.3. The van der Waals surface area contributed by atoms with Gasteiger partial charge in [-0.3, -0.25) is 4.90 Å². The topological polar surface area (TPSA) is 52.9 Å². The summed E-state index contributed by atoms with van der Waals surface area (Å²) in [4.78, 5) is 2.03. The molecule has 0 aromatic heterocycles. The van der Waals surface area contributed by atoms with Crippen LogP contribution in [0.15, 0.2) is 22.7 Å². The molecule has 0 spiro atoms. The van der Waals surface area contributed by atoms with Crippen molar-refractivity contribution in [3.63, 3.8) is 0 Å². The summed E-state index contributed by atoms with van der Waals surface area (Å²) in [7, 11) is 1.95. The Balaban J connectivity index is 2.82. The lowest BCUT2D eigenvalue weighted by atomic mass is 10.1. The van der Waals surface area contributed by atoms with Crippen LogP contribution in [0.2, 0.25) is 0 Å². The van der Waals surface area contributed by atoms with Crippen LogP contribution in [0, 0.1) is 0 Å². The normalized spacial score (nSPS) is 13.6. The molecule has 1 aromatic rings. The molecule has 4 nitrogen and oxygen atoms in total. The maximum Gasteiger partial charge on any atom is 0.138 e. The van der Waals surface area contributed by atoms with Gasteiger partial charge in [0, 0.05) is 18.7 Å². The number of aliphatic hydroxyl groups excluding tert-OH is 1. The third kappa shape index (κ3) is 6.22. The summed E-state index contributed by atoms with van der Waals surface area (Å²) in [6.45, 7) is 6.68. The van der Waals surface area contributed by atoms with Gasteiger partial charge in [0.1, 0.15) is 12.4 Å². The number of likely N-dealkylation sites (N-methyl/N-ethyl adjacent to an activating group) is 1. The molecule has 0 bridgehead atoms. The van der Waals surface area contributed by atoms with Gasteiger partial charge in [0.2, 0.25) is 0 Å². The third-order valence-corrected chi connectivity index (χ3v) is 3.26. The molecule has 0 aliphatic carbocycles. The van der Waals surface area contributed by atoms with Gasteiger partial charge in [-0.2, -0.15) is 0 Å². The quantitative estimate of drug-likeness (QED) is 0.796. The van der Waals surface area contributed by atoms with E-state index in [4.69, 9.17) is 4.74 Å². The van der Waals surface area contributed by atoms with Crippen LogP contribution in [-0.4, -0.2) is 47.0 Å². The summed E-state index contributed by atoms with van der Waals surface area (Å²) in [6.07, 6.45) is -0.368. The number of hydrogen-bond acceptors (Lipinski definition) is 4. The number of para-hydroxylation sites is 1. The van der Waals surface area contributed by atoms with Crippen molar-refractivity contribution in [2.24, 2.45) is 0 Å². The second-order valence-electron chi connectivity index (χ2n) is 5.87.